The number of carbonyl (C=O) groups is 1. The van der Waals surface area contributed by atoms with Gasteiger partial charge in [-0.15, -0.1) is 0 Å². The van der Waals surface area contributed by atoms with Crippen molar-refractivity contribution in [3.05, 3.63) is 24.6 Å². The lowest BCUT2D eigenvalue weighted by atomic mass is 10.2. The lowest BCUT2D eigenvalue weighted by Gasteiger charge is -2.08. The summed E-state index contributed by atoms with van der Waals surface area (Å²) >= 11 is 3.40. The van der Waals surface area contributed by atoms with E-state index in [1.54, 1.807) is 45.2 Å². The van der Waals surface area contributed by atoms with Gasteiger partial charge in [0.15, 0.2) is 0 Å². The average molecular weight is 439 g/mol. The van der Waals surface area contributed by atoms with Gasteiger partial charge in [0.05, 0.1) is 18.2 Å². The van der Waals surface area contributed by atoms with E-state index in [1.165, 1.54) is 13.3 Å². The first-order chi connectivity index (χ1) is 6.99. The Morgan fingerprint density at radius 2 is 2.13 bits per heavy atom. The molecule has 0 amide bonds. The van der Waals surface area contributed by atoms with Crippen LogP contribution in [-0.2, 0) is 4.74 Å². The summed E-state index contributed by atoms with van der Waals surface area (Å²) in [6, 6.07) is 0. The second-order valence-corrected chi connectivity index (χ2v) is 4.58. The lowest BCUT2D eigenvalue weighted by Crippen LogP contribution is -2.09. The highest BCUT2D eigenvalue weighted by Crippen LogP contribution is 2.30. The second kappa shape index (κ2) is 5.32. The molecule has 0 saturated carbocycles. The third kappa shape index (κ3) is 2.74. The van der Waals surface area contributed by atoms with Crippen molar-refractivity contribution in [2.75, 3.05) is 7.11 Å². The van der Waals surface area contributed by atoms with E-state index in [9.17, 15) is 13.6 Å². The number of hydrogen-bond acceptors (Lipinski definition) is 3. The van der Waals surface area contributed by atoms with Crippen LogP contribution in [0, 0.1) is 7.27 Å². The normalized spacial score (nSPS) is 10.5. The highest BCUT2D eigenvalue weighted by Gasteiger charge is 2.22. The molecule has 0 aliphatic carbocycles. The molecule has 0 fully saturated rings. The number of esters is 1. The number of nitrogens with zero attached hydrogens (tertiary/aromatic N) is 1. The van der Waals surface area contributed by atoms with Crippen LogP contribution >= 0.6 is 45.2 Å². The maximum Gasteiger partial charge on any atom is 0.340 e. The van der Waals surface area contributed by atoms with Crippen molar-refractivity contribution in [3.8, 4) is 0 Å². The van der Waals surface area contributed by atoms with E-state index < -0.39 is 12.4 Å². The molecule has 0 aromatic carbocycles. The van der Waals surface area contributed by atoms with E-state index in [2.05, 4.69) is 9.72 Å². The van der Waals surface area contributed by atoms with E-state index in [4.69, 9.17) is 0 Å². The molecule has 0 radical (unpaired) electrons. The first kappa shape index (κ1) is 13.0. The SMILES string of the molecule is COC(=O)c1cnc(I)c(C(F)F)c1I. The number of aromatic nitrogens is 1. The Hall–Kier alpha value is -0.0600. The maximum absolute atomic E-state index is 12.6. The summed E-state index contributed by atoms with van der Waals surface area (Å²) in [5.41, 5.74) is -0.159. The Morgan fingerprint density at radius 3 is 2.60 bits per heavy atom. The molecular weight excluding hydrogens is 434 g/mol. The Bertz CT molecular complexity index is 398. The summed E-state index contributed by atoms with van der Waals surface area (Å²) in [4.78, 5) is 14.9. The average Bonchev–Trinajstić information content (AvgIpc) is 2.16. The largest absolute Gasteiger partial charge is 0.465 e. The minimum absolute atomic E-state index is 0.0637. The molecule has 0 bridgehead atoms. The highest BCUT2D eigenvalue weighted by molar-refractivity contribution is 14.1. The summed E-state index contributed by atoms with van der Waals surface area (Å²) in [5.74, 6) is -0.662. The lowest BCUT2D eigenvalue weighted by molar-refractivity contribution is 0.0598. The van der Waals surface area contributed by atoms with E-state index in [1.807, 2.05) is 0 Å². The van der Waals surface area contributed by atoms with Crippen LogP contribution in [0.4, 0.5) is 8.78 Å². The molecule has 0 atom stereocenters. The van der Waals surface area contributed by atoms with Gasteiger partial charge in [0, 0.05) is 9.77 Å². The summed E-state index contributed by atoms with van der Waals surface area (Å²) in [6.07, 6.45) is -1.41. The van der Waals surface area contributed by atoms with Crippen molar-refractivity contribution < 1.29 is 18.3 Å². The molecule has 0 aliphatic heterocycles. The molecule has 7 heteroatoms. The number of methoxy groups -OCH3 is 1. The van der Waals surface area contributed by atoms with E-state index in [0.29, 0.717) is 0 Å². The molecule has 0 spiro atoms. The number of pyridine rings is 1. The first-order valence-corrected chi connectivity index (χ1v) is 5.85. The van der Waals surface area contributed by atoms with Crippen LogP contribution in [0.5, 0.6) is 0 Å². The molecule has 1 rings (SSSR count). The zero-order valence-corrected chi connectivity index (χ0v) is 11.7. The Morgan fingerprint density at radius 1 is 1.53 bits per heavy atom. The van der Waals surface area contributed by atoms with Crippen LogP contribution in [0.25, 0.3) is 0 Å². The summed E-state index contributed by atoms with van der Waals surface area (Å²) in [7, 11) is 1.19. The highest BCUT2D eigenvalue weighted by atomic mass is 127. The van der Waals surface area contributed by atoms with Gasteiger partial charge in [-0.2, -0.15) is 0 Å². The van der Waals surface area contributed by atoms with Crippen LogP contribution in [0.3, 0.4) is 0 Å². The third-order valence-electron chi connectivity index (χ3n) is 1.63. The Kier molecular flexibility index (Phi) is 4.62. The zero-order chi connectivity index (χ0) is 11.6. The van der Waals surface area contributed by atoms with Gasteiger partial charge in [0.1, 0.15) is 3.70 Å². The Labute approximate surface area is 112 Å². The fourth-order valence-electron chi connectivity index (χ4n) is 0.921. The van der Waals surface area contributed by atoms with E-state index >= 15 is 0 Å². The van der Waals surface area contributed by atoms with Crippen molar-refractivity contribution in [2.45, 2.75) is 6.43 Å². The predicted molar refractivity (Wildman–Crippen MR) is 66.0 cm³/mol. The van der Waals surface area contributed by atoms with Crippen molar-refractivity contribution >= 4 is 51.2 Å². The number of hydrogen-bond donors (Lipinski definition) is 0. The fraction of sp³-hybridized carbons (Fsp3) is 0.250. The van der Waals surface area contributed by atoms with Crippen LogP contribution in [0.15, 0.2) is 6.20 Å². The molecule has 0 unspecified atom stereocenters. The van der Waals surface area contributed by atoms with Gasteiger partial charge in [-0.05, 0) is 45.2 Å². The smallest absolute Gasteiger partial charge is 0.340 e. The standard InChI is InChI=1S/C8H5F2I2NO2/c1-15-8(14)3-2-13-7(12)4(5(3)11)6(9)10/h2,6H,1H3. The Balaban J connectivity index is 3.35. The zero-order valence-electron chi connectivity index (χ0n) is 7.43. The molecule has 15 heavy (non-hydrogen) atoms. The van der Waals surface area contributed by atoms with Crippen molar-refractivity contribution in [1.29, 1.82) is 0 Å². The fourth-order valence-corrected chi connectivity index (χ4v) is 2.93. The van der Waals surface area contributed by atoms with Gasteiger partial charge in [0.25, 0.3) is 6.43 Å². The number of alkyl halides is 2. The van der Waals surface area contributed by atoms with E-state index in [0.717, 1.165) is 0 Å². The molecular formula is C8H5F2I2NO2. The van der Waals surface area contributed by atoms with Crippen molar-refractivity contribution in [3.63, 3.8) is 0 Å². The van der Waals surface area contributed by atoms with Crippen LogP contribution in [-0.4, -0.2) is 18.1 Å². The van der Waals surface area contributed by atoms with Gasteiger partial charge in [-0.25, -0.2) is 18.6 Å². The molecule has 1 heterocycles. The van der Waals surface area contributed by atoms with Crippen LogP contribution in [0.1, 0.15) is 22.3 Å². The molecule has 3 nitrogen and oxygen atoms in total. The summed E-state index contributed by atoms with van der Waals surface area (Å²) in [6.45, 7) is 0. The predicted octanol–water partition coefficient (Wildman–Crippen LogP) is 3.02. The van der Waals surface area contributed by atoms with Crippen molar-refractivity contribution in [1.82, 2.24) is 4.98 Å². The van der Waals surface area contributed by atoms with Gasteiger partial charge < -0.3 is 4.74 Å². The number of carbonyl (C=O) groups excluding carboxylic acids is 1. The quantitative estimate of drug-likeness (QED) is 0.405. The summed E-state index contributed by atoms with van der Waals surface area (Å²) in [5, 5.41) is 0. The minimum Gasteiger partial charge on any atom is -0.465 e. The first-order valence-electron chi connectivity index (χ1n) is 3.69. The third-order valence-corrected chi connectivity index (χ3v) is 3.65. The van der Waals surface area contributed by atoms with Crippen LogP contribution in [0.2, 0.25) is 0 Å². The topological polar surface area (TPSA) is 39.2 Å². The molecule has 82 valence electrons. The molecule has 1 aromatic rings. The molecule has 1 aromatic heterocycles. The number of ether oxygens (including phenoxy) is 1. The van der Waals surface area contributed by atoms with Crippen molar-refractivity contribution in [2.24, 2.45) is 0 Å². The molecule has 0 aliphatic rings. The van der Waals surface area contributed by atoms with E-state index in [-0.39, 0.29) is 18.4 Å². The van der Waals surface area contributed by atoms with Gasteiger partial charge in [0.2, 0.25) is 0 Å². The monoisotopic (exact) mass is 439 g/mol. The van der Waals surface area contributed by atoms with Gasteiger partial charge in [-0.1, -0.05) is 0 Å². The number of rotatable bonds is 2. The molecule has 0 saturated heterocycles. The molecule has 0 N–H and O–H groups in total. The minimum atomic E-state index is -2.65. The van der Waals surface area contributed by atoms with Crippen LogP contribution < -0.4 is 0 Å². The second-order valence-electron chi connectivity index (χ2n) is 2.48. The number of halogens is 4. The van der Waals surface area contributed by atoms with Gasteiger partial charge >= 0.3 is 5.97 Å². The van der Waals surface area contributed by atoms with Gasteiger partial charge in [-0.3, -0.25) is 0 Å². The maximum atomic E-state index is 12.6. The summed E-state index contributed by atoms with van der Waals surface area (Å²) < 4.78 is 30.1.